The van der Waals surface area contributed by atoms with Crippen molar-refractivity contribution < 1.29 is 18.6 Å². The molecule has 0 radical (unpaired) electrons. The van der Waals surface area contributed by atoms with Crippen molar-refractivity contribution in [2.75, 3.05) is 19.8 Å². The van der Waals surface area contributed by atoms with E-state index in [1.54, 1.807) is 6.07 Å². The summed E-state index contributed by atoms with van der Waals surface area (Å²) in [6, 6.07) is 9.19. The molecule has 0 spiro atoms. The molecule has 5 heteroatoms. The smallest absolute Gasteiger partial charge is 0.165 e. The number of hydrogen-bond acceptors (Lipinski definition) is 4. The monoisotopic (exact) mass is 611 g/mol. The molecule has 0 bridgehead atoms. The summed E-state index contributed by atoms with van der Waals surface area (Å²) in [4.78, 5) is 4.61. The van der Waals surface area contributed by atoms with Crippen LogP contribution >= 0.6 is 0 Å². The van der Waals surface area contributed by atoms with Crippen LogP contribution in [0, 0.1) is 11.7 Å². The first-order valence-corrected chi connectivity index (χ1v) is 18.3. The molecule has 3 rings (SSSR count). The number of aromatic nitrogens is 1. The van der Waals surface area contributed by atoms with Crippen LogP contribution in [0.5, 0.6) is 5.75 Å². The molecule has 1 saturated heterocycles. The highest BCUT2D eigenvalue weighted by Crippen LogP contribution is 2.26. The third kappa shape index (κ3) is 15.3. The molecule has 0 saturated carbocycles. The highest BCUT2D eigenvalue weighted by molar-refractivity contribution is 5.60. The van der Waals surface area contributed by atoms with Crippen molar-refractivity contribution in [2.24, 2.45) is 5.92 Å². The first kappa shape index (κ1) is 36.5. The largest absolute Gasteiger partial charge is 0.491 e. The Bertz CT molecular complexity index is 974. The summed E-state index contributed by atoms with van der Waals surface area (Å²) in [5.41, 5.74) is 2.67. The maximum Gasteiger partial charge on any atom is 0.165 e. The quantitative estimate of drug-likeness (QED) is 0.105. The molecule has 248 valence electrons. The van der Waals surface area contributed by atoms with Crippen molar-refractivity contribution >= 4 is 0 Å². The Kier molecular flexibility index (Phi) is 19.4. The number of nitrogens with zero attached hydrogens (tertiary/aromatic N) is 1. The van der Waals surface area contributed by atoms with Crippen molar-refractivity contribution in [1.82, 2.24) is 4.98 Å². The number of ether oxygens (including phenoxy) is 3. The SMILES string of the molecule is CCCCCCCCCCCC[C@H]1CO[C@H](CCc2ccc(-c3ccc(OCCCCCCCCCC)c(F)c3)nc2)OC1. The minimum absolute atomic E-state index is 0.133. The van der Waals surface area contributed by atoms with E-state index in [2.05, 4.69) is 24.9 Å². The van der Waals surface area contributed by atoms with Crippen molar-refractivity contribution in [3.63, 3.8) is 0 Å². The van der Waals surface area contributed by atoms with Crippen LogP contribution in [0.15, 0.2) is 36.5 Å². The average molecular weight is 612 g/mol. The number of rotatable bonds is 25. The summed E-state index contributed by atoms with van der Waals surface area (Å²) in [6.45, 7) is 6.70. The van der Waals surface area contributed by atoms with Gasteiger partial charge < -0.3 is 14.2 Å². The molecule has 2 heterocycles. The Morgan fingerprint density at radius 3 is 1.86 bits per heavy atom. The topological polar surface area (TPSA) is 40.6 Å². The summed E-state index contributed by atoms with van der Waals surface area (Å²) in [7, 11) is 0. The fourth-order valence-electron chi connectivity index (χ4n) is 6.06. The van der Waals surface area contributed by atoms with E-state index in [4.69, 9.17) is 14.2 Å². The van der Waals surface area contributed by atoms with Gasteiger partial charge in [0.15, 0.2) is 17.9 Å². The van der Waals surface area contributed by atoms with Crippen molar-refractivity contribution in [1.29, 1.82) is 0 Å². The highest BCUT2D eigenvalue weighted by atomic mass is 19.1. The molecule has 1 aromatic heterocycles. The number of unbranched alkanes of at least 4 members (excludes halogenated alkanes) is 16. The van der Waals surface area contributed by atoms with Crippen LogP contribution in [0.25, 0.3) is 11.3 Å². The molecule has 1 aliphatic heterocycles. The van der Waals surface area contributed by atoms with E-state index >= 15 is 0 Å². The first-order valence-electron chi connectivity index (χ1n) is 18.3. The van der Waals surface area contributed by atoms with E-state index in [9.17, 15) is 4.39 Å². The fourth-order valence-corrected chi connectivity index (χ4v) is 6.06. The van der Waals surface area contributed by atoms with Gasteiger partial charge in [0.1, 0.15) is 0 Å². The van der Waals surface area contributed by atoms with Crippen molar-refractivity contribution in [3.8, 4) is 17.0 Å². The first-order chi connectivity index (χ1) is 21.7. The molecule has 1 aliphatic rings. The molecule has 0 N–H and O–H groups in total. The van der Waals surface area contributed by atoms with Gasteiger partial charge in [0.2, 0.25) is 0 Å². The molecule has 44 heavy (non-hydrogen) atoms. The van der Waals surface area contributed by atoms with Crippen LogP contribution in [0.1, 0.15) is 148 Å². The normalized spacial score (nSPS) is 16.8. The van der Waals surface area contributed by atoms with E-state index < -0.39 is 0 Å². The lowest BCUT2D eigenvalue weighted by atomic mass is 10.0. The van der Waals surface area contributed by atoms with Gasteiger partial charge in [-0.15, -0.1) is 0 Å². The second kappa shape index (κ2) is 23.4. The molecule has 0 amide bonds. The van der Waals surface area contributed by atoms with Crippen LogP contribution in [-0.2, 0) is 15.9 Å². The summed E-state index contributed by atoms with van der Waals surface area (Å²) in [5, 5.41) is 0. The molecular weight excluding hydrogens is 549 g/mol. The Morgan fingerprint density at radius 2 is 1.30 bits per heavy atom. The predicted molar refractivity (Wildman–Crippen MR) is 182 cm³/mol. The second-order valence-corrected chi connectivity index (χ2v) is 13.0. The number of hydrogen-bond donors (Lipinski definition) is 0. The average Bonchev–Trinajstić information content (AvgIpc) is 3.05. The molecule has 2 aromatic rings. The molecule has 1 fully saturated rings. The van der Waals surface area contributed by atoms with Gasteiger partial charge in [0.05, 0.1) is 25.5 Å². The maximum atomic E-state index is 14.7. The standard InChI is InChI=1S/C39H62FNO3/c1-3-5-7-9-11-13-14-15-17-19-21-34-31-43-39(44-32-34)27-23-33-22-25-37(41-30-33)35-24-26-38(36(40)29-35)42-28-20-18-16-12-10-8-6-4-2/h22,24-26,29-30,34,39H,3-21,23,27-28,31-32H2,1-2H3/t34-,39-. The number of aryl methyl sites for hydroxylation is 1. The molecule has 0 unspecified atom stereocenters. The molecule has 0 aliphatic carbocycles. The number of pyridine rings is 1. The van der Waals surface area contributed by atoms with Crippen LogP contribution in [-0.4, -0.2) is 31.1 Å². The lowest BCUT2D eigenvalue weighted by molar-refractivity contribution is -0.203. The third-order valence-corrected chi connectivity index (χ3v) is 8.98. The van der Waals surface area contributed by atoms with Crippen LogP contribution in [0.3, 0.4) is 0 Å². The predicted octanol–water partition coefficient (Wildman–Crippen LogP) is 11.6. The van der Waals surface area contributed by atoms with Crippen molar-refractivity contribution in [2.45, 2.75) is 155 Å². The fraction of sp³-hybridized carbons (Fsp3) is 0.718. The van der Waals surface area contributed by atoms with Crippen LogP contribution in [0.2, 0.25) is 0 Å². The molecular formula is C39H62FNO3. The summed E-state index contributed by atoms with van der Waals surface area (Å²) < 4.78 is 32.5. The molecule has 1 aromatic carbocycles. The van der Waals surface area contributed by atoms with Crippen LogP contribution < -0.4 is 4.74 Å². The van der Waals surface area contributed by atoms with Gasteiger partial charge >= 0.3 is 0 Å². The van der Waals surface area contributed by atoms with E-state index in [1.807, 2.05) is 18.3 Å². The molecule has 0 atom stereocenters. The summed E-state index contributed by atoms with van der Waals surface area (Å²) >= 11 is 0. The third-order valence-electron chi connectivity index (χ3n) is 8.98. The Balaban J connectivity index is 1.24. The van der Waals surface area contributed by atoms with Gasteiger partial charge in [-0.2, -0.15) is 0 Å². The Hall–Kier alpha value is -1.98. The summed E-state index contributed by atoms with van der Waals surface area (Å²) in [6.07, 6.45) is 28.3. The zero-order valence-corrected chi connectivity index (χ0v) is 28.1. The zero-order chi connectivity index (χ0) is 31.1. The highest BCUT2D eigenvalue weighted by Gasteiger charge is 2.21. The lowest BCUT2D eigenvalue weighted by Gasteiger charge is -2.29. The number of halogens is 1. The second-order valence-electron chi connectivity index (χ2n) is 13.0. The Morgan fingerprint density at radius 1 is 0.705 bits per heavy atom. The van der Waals surface area contributed by atoms with E-state index in [1.165, 1.54) is 115 Å². The van der Waals surface area contributed by atoms with Crippen LogP contribution in [0.4, 0.5) is 4.39 Å². The van der Waals surface area contributed by atoms with E-state index in [-0.39, 0.29) is 12.1 Å². The minimum Gasteiger partial charge on any atom is -0.491 e. The summed E-state index contributed by atoms with van der Waals surface area (Å²) in [5.74, 6) is 0.529. The van der Waals surface area contributed by atoms with E-state index in [0.29, 0.717) is 18.3 Å². The van der Waals surface area contributed by atoms with Crippen molar-refractivity contribution in [3.05, 3.63) is 47.9 Å². The van der Waals surface area contributed by atoms with Gasteiger partial charge in [-0.1, -0.05) is 129 Å². The van der Waals surface area contributed by atoms with Gasteiger partial charge in [0.25, 0.3) is 0 Å². The molecule has 4 nitrogen and oxygen atoms in total. The van der Waals surface area contributed by atoms with Gasteiger partial charge in [0, 0.05) is 24.1 Å². The van der Waals surface area contributed by atoms with E-state index in [0.717, 1.165) is 55.7 Å². The van der Waals surface area contributed by atoms with Gasteiger partial charge in [-0.25, -0.2) is 4.39 Å². The maximum absolute atomic E-state index is 14.7. The van der Waals surface area contributed by atoms with Gasteiger partial charge in [-0.3, -0.25) is 4.98 Å². The number of benzene rings is 1. The Labute approximate surface area is 268 Å². The van der Waals surface area contributed by atoms with Gasteiger partial charge in [-0.05, 0) is 49.1 Å². The lowest BCUT2D eigenvalue weighted by Crippen LogP contribution is -2.32. The zero-order valence-electron chi connectivity index (χ0n) is 28.1. The minimum atomic E-state index is -0.328.